The lowest BCUT2D eigenvalue weighted by Crippen LogP contribution is -2.37. The Hall–Kier alpha value is -1.94. The minimum atomic E-state index is -3.87. The summed E-state index contributed by atoms with van der Waals surface area (Å²) < 4.78 is 26.2. The van der Waals surface area contributed by atoms with Gasteiger partial charge in [-0.15, -0.1) is 0 Å². The van der Waals surface area contributed by atoms with Crippen LogP contribution in [0.3, 0.4) is 0 Å². The predicted octanol–water partition coefficient (Wildman–Crippen LogP) is -1.32. The highest BCUT2D eigenvalue weighted by Gasteiger charge is 2.25. The van der Waals surface area contributed by atoms with E-state index in [1.807, 2.05) is 0 Å². The number of likely N-dealkylation sites (N-methyl/N-ethyl adjacent to an activating group) is 2. The Bertz CT molecular complexity index is 607. The zero-order chi connectivity index (χ0) is 15.5. The van der Waals surface area contributed by atoms with Crippen molar-refractivity contribution >= 4 is 21.9 Å². The molecule has 0 saturated carbocycles. The maximum atomic E-state index is 12.1. The van der Waals surface area contributed by atoms with E-state index in [4.69, 9.17) is 5.11 Å². The van der Waals surface area contributed by atoms with E-state index in [1.54, 1.807) is 0 Å². The van der Waals surface area contributed by atoms with Gasteiger partial charge in [0.05, 0.1) is 12.7 Å². The van der Waals surface area contributed by atoms with Crippen molar-refractivity contribution < 1.29 is 23.1 Å². The number of rotatable bonds is 6. The van der Waals surface area contributed by atoms with E-state index in [0.29, 0.717) is 0 Å². The monoisotopic (exact) mass is 304 g/mol. The fourth-order valence-corrected chi connectivity index (χ4v) is 2.38. The Morgan fingerprint density at radius 3 is 2.45 bits per heavy atom. The smallest absolute Gasteiger partial charge is 0.325 e. The molecule has 0 aromatic carbocycles. The summed E-state index contributed by atoms with van der Waals surface area (Å²) in [5, 5.41) is 12.3. The Labute approximate surface area is 116 Å². The second-order valence-electron chi connectivity index (χ2n) is 4.32. The molecular formula is C10H16N4O5S. The van der Waals surface area contributed by atoms with Gasteiger partial charge < -0.3 is 10.0 Å². The van der Waals surface area contributed by atoms with Gasteiger partial charge in [0.15, 0.2) is 0 Å². The van der Waals surface area contributed by atoms with Crippen molar-refractivity contribution in [2.24, 2.45) is 0 Å². The number of carboxylic acid groups (broad SMARTS) is 1. The fourth-order valence-electron chi connectivity index (χ4n) is 1.30. The zero-order valence-corrected chi connectivity index (χ0v) is 12.2. The van der Waals surface area contributed by atoms with Gasteiger partial charge in [0, 0.05) is 27.3 Å². The third kappa shape index (κ3) is 3.78. The Morgan fingerprint density at radius 1 is 1.35 bits per heavy atom. The molecule has 9 nitrogen and oxygen atoms in total. The lowest BCUT2D eigenvalue weighted by molar-refractivity contribution is -0.138. The van der Waals surface area contributed by atoms with Crippen LogP contribution in [0, 0.1) is 0 Å². The molecule has 1 heterocycles. The Balaban J connectivity index is 2.90. The third-order valence-electron chi connectivity index (χ3n) is 2.47. The average molecular weight is 304 g/mol. The first-order valence-corrected chi connectivity index (χ1v) is 6.99. The molecular weight excluding hydrogens is 288 g/mol. The van der Waals surface area contributed by atoms with Gasteiger partial charge in [0.2, 0.25) is 15.9 Å². The average Bonchev–Trinajstić information content (AvgIpc) is 2.76. The summed E-state index contributed by atoms with van der Waals surface area (Å²) in [6.45, 7) is -0.741. The van der Waals surface area contributed by atoms with Crippen LogP contribution in [0.4, 0.5) is 0 Å². The SMILES string of the molecule is CN(C)C(=O)CN(C)S(=O)(=O)c1cnn(CC(=O)O)c1. The molecule has 10 heteroatoms. The van der Waals surface area contributed by atoms with Crippen LogP contribution in [0.15, 0.2) is 17.3 Å². The molecule has 1 aromatic rings. The van der Waals surface area contributed by atoms with E-state index in [-0.39, 0.29) is 17.3 Å². The molecule has 0 aliphatic rings. The highest BCUT2D eigenvalue weighted by atomic mass is 32.2. The first-order valence-electron chi connectivity index (χ1n) is 5.55. The molecule has 0 fully saturated rings. The van der Waals surface area contributed by atoms with Crippen LogP contribution in [-0.4, -0.2) is 72.1 Å². The topological polar surface area (TPSA) is 113 Å². The van der Waals surface area contributed by atoms with Gasteiger partial charge >= 0.3 is 5.97 Å². The first kappa shape index (κ1) is 16.1. The van der Waals surface area contributed by atoms with Crippen molar-refractivity contribution in [2.45, 2.75) is 11.4 Å². The summed E-state index contributed by atoms with van der Waals surface area (Å²) in [6, 6.07) is 0. The van der Waals surface area contributed by atoms with Crippen LogP contribution in [0.2, 0.25) is 0 Å². The van der Waals surface area contributed by atoms with E-state index in [0.717, 1.165) is 21.4 Å². The van der Waals surface area contributed by atoms with E-state index >= 15 is 0 Å². The summed E-state index contributed by atoms with van der Waals surface area (Å²) >= 11 is 0. The highest BCUT2D eigenvalue weighted by Crippen LogP contribution is 2.13. The number of aliphatic carboxylic acids is 1. The van der Waals surface area contributed by atoms with Crippen molar-refractivity contribution in [1.29, 1.82) is 0 Å². The summed E-state index contributed by atoms with van der Waals surface area (Å²) in [5.41, 5.74) is 0. The van der Waals surface area contributed by atoms with Crippen LogP contribution >= 0.6 is 0 Å². The molecule has 0 unspecified atom stereocenters. The largest absolute Gasteiger partial charge is 0.480 e. The zero-order valence-electron chi connectivity index (χ0n) is 11.3. The summed E-state index contributed by atoms with van der Waals surface area (Å²) in [5.74, 6) is -1.50. The van der Waals surface area contributed by atoms with Gasteiger partial charge in [-0.1, -0.05) is 0 Å². The van der Waals surface area contributed by atoms with Crippen molar-refractivity contribution in [3.8, 4) is 0 Å². The van der Waals surface area contributed by atoms with Gasteiger partial charge in [-0.25, -0.2) is 8.42 Å². The van der Waals surface area contributed by atoms with Crippen molar-refractivity contribution in [3.63, 3.8) is 0 Å². The number of sulfonamides is 1. The van der Waals surface area contributed by atoms with Crippen LogP contribution in [0.5, 0.6) is 0 Å². The molecule has 1 aromatic heterocycles. The van der Waals surface area contributed by atoms with Crippen LogP contribution in [-0.2, 0) is 26.2 Å². The molecule has 0 bridgehead atoms. The summed E-state index contributed by atoms with van der Waals surface area (Å²) in [4.78, 5) is 23.1. The number of carbonyl (C=O) groups is 2. The molecule has 0 aliphatic carbocycles. The highest BCUT2D eigenvalue weighted by molar-refractivity contribution is 7.89. The van der Waals surface area contributed by atoms with Gasteiger partial charge in [-0.3, -0.25) is 14.3 Å². The molecule has 0 spiro atoms. The molecule has 112 valence electrons. The van der Waals surface area contributed by atoms with E-state index in [1.165, 1.54) is 26.0 Å². The molecule has 0 atom stereocenters. The van der Waals surface area contributed by atoms with E-state index in [9.17, 15) is 18.0 Å². The molecule has 0 aliphatic heterocycles. The van der Waals surface area contributed by atoms with E-state index < -0.39 is 22.5 Å². The van der Waals surface area contributed by atoms with Crippen molar-refractivity contribution in [1.82, 2.24) is 19.0 Å². The first-order chi connectivity index (χ1) is 9.14. The second kappa shape index (κ2) is 6.01. The molecule has 0 radical (unpaired) electrons. The molecule has 1 rings (SSSR count). The normalized spacial score (nSPS) is 11.6. The van der Waals surface area contributed by atoms with Gasteiger partial charge in [0.25, 0.3) is 0 Å². The fraction of sp³-hybridized carbons (Fsp3) is 0.500. The lowest BCUT2D eigenvalue weighted by Gasteiger charge is -2.18. The van der Waals surface area contributed by atoms with Crippen LogP contribution in [0.1, 0.15) is 0 Å². The lowest BCUT2D eigenvalue weighted by atomic mass is 10.5. The predicted molar refractivity (Wildman–Crippen MR) is 68.4 cm³/mol. The number of hydrogen-bond donors (Lipinski definition) is 1. The standard InChI is InChI=1S/C10H16N4O5S/c1-12(2)9(15)6-13(3)20(18,19)8-4-11-14(5-8)7-10(16)17/h4-5H,6-7H2,1-3H3,(H,16,17). The third-order valence-corrected chi connectivity index (χ3v) is 4.23. The van der Waals surface area contributed by atoms with Crippen molar-refractivity contribution in [2.75, 3.05) is 27.7 Å². The van der Waals surface area contributed by atoms with Crippen LogP contribution < -0.4 is 0 Å². The quantitative estimate of drug-likeness (QED) is 0.697. The van der Waals surface area contributed by atoms with Gasteiger partial charge in [-0.05, 0) is 0 Å². The molecule has 1 N–H and O–H groups in total. The number of hydrogen-bond acceptors (Lipinski definition) is 5. The Morgan fingerprint density at radius 2 is 1.95 bits per heavy atom. The number of amides is 1. The number of carbonyl (C=O) groups excluding carboxylic acids is 1. The molecule has 1 amide bonds. The number of nitrogens with zero attached hydrogens (tertiary/aromatic N) is 4. The molecule has 0 saturated heterocycles. The maximum absolute atomic E-state index is 12.1. The number of carboxylic acids is 1. The minimum absolute atomic E-state index is 0.159. The van der Waals surface area contributed by atoms with E-state index in [2.05, 4.69) is 5.10 Å². The minimum Gasteiger partial charge on any atom is -0.480 e. The van der Waals surface area contributed by atoms with Gasteiger partial charge in [-0.2, -0.15) is 9.40 Å². The summed E-state index contributed by atoms with van der Waals surface area (Å²) in [7, 11) is 0.439. The van der Waals surface area contributed by atoms with Gasteiger partial charge in [0.1, 0.15) is 11.4 Å². The second-order valence-corrected chi connectivity index (χ2v) is 6.36. The molecule has 20 heavy (non-hydrogen) atoms. The van der Waals surface area contributed by atoms with Crippen molar-refractivity contribution in [3.05, 3.63) is 12.4 Å². The summed E-state index contributed by atoms with van der Waals surface area (Å²) in [6.07, 6.45) is 2.16. The maximum Gasteiger partial charge on any atom is 0.325 e. The number of aromatic nitrogens is 2. The Kier molecular flexibility index (Phi) is 4.84. The van der Waals surface area contributed by atoms with Crippen LogP contribution in [0.25, 0.3) is 0 Å².